The molecule has 1 saturated heterocycles. The number of carboxylic acid groups (broad SMARTS) is 1. The highest BCUT2D eigenvalue weighted by atomic mass is 32.2. The molecule has 2 amide bonds. The van der Waals surface area contributed by atoms with Crippen LogP contribution in [0.1, 0.15) is 30.1 Å². The summed E-state index contributed by atoms with van der Waals surface area (Å²) >= 11 is 1.31. The van der Waals surface area contributed by atoms with Crippen molar-refractivity contribution in [1.82, 2.24) is 10.2 Å². The molecular weight excluding hydrogens is 316 g/mol. The molecule has 0 aromatic heterocycles. The van der Waals surface area contributed by atoms with Crippen molar-refractivity contribution in [3.05, 3.63) is 29.8 Å². The van der Waals surface area contributed by atoms with Gasteiger partial charge in [-0.2, -0.15) is 0 Å². The van der Waals surface area contributed by atoms with Crippen molar-refractivity contribution >= 4 is 29.5 Å². The van der Waals surface area contributed by atoms with Crippen LogP contribution < -0.4 is 5.32 Å². The summed E-state index contributed by atoms with van der Waals surface area (Å²) in [5.41, 5.74) is 0.389. The highest BCUT2D eigenvalue weighted by molar-refractivity contribution is 8.00. The van der Waals surface area contributed by atoms with Crippen molar-refractivity contribution in [3.8, 4) is 0 Å². The second kappa shape index (κ2) is 8.01. The van der Waals surface area contributed by atoms with Crippen LogP contribution in [0.3, 0.4) is 0 Å². The third-order valence-electron chi connectivity index (χ3n) is 3.66. The highest BCUT2D eigenvalue weighted by Crippen LogP contribution is 2.23. The van der Waals surface area contributed by atoms with Crippen molar-refractivity contribution in [3.63, 3.8) is 0 Å². The van der Waals surface area contributed by atoms with Gasteiger partial charge in [-0.3, -0.25) is 14.4 Å². The van der Waals surface area contributed by atoms with Crippen molar-refractivity contribution in [2.45, 2.75) is 30.7 Å². The Labute approximate surface area is 139 Å². The van der Waals surface area contributed by atoms with Crippen molar-refractivity contribution in [2.24, 2.45) is 0 Å². The summed E-state index contributed by atoms with van der Waals surface area (Å²) in [5.74, 6) is -1.19. The van der Waals surface area contributed by atoms with E-state index in [-0.39, 0.29) is 11.7 Å². The van der Waals surface area contributed by atoms with Gasteiger partial charge in [-0.25, -0.2) is 0 Å². The first-order chi connectivity index (χ1) is 11.0. The van der Waals surface area contributed by atoms with Gasteiger partial charge >= 0.3 is 5.97 Å². The van der Waals surface area contributed by atoms with Gasteiger partial charge in [0.15, 0.2) is 0 Å². The molecule has 1 aliphatic heterocycles. The SMILES string of the molecule is C[C@H](NC(=O)c1ccccc1SCC(=O)N1CCCC1)C(=O)O. The predicted octanol–water partition coefficient (Wildman–Crippen LogP) is 1.60. The van der Waals surface area contributed by atoms with E-state index in [2.05, 4.69) is 5.32 Å². The van der Waals surface area contributed by atoms with E-state index in [1.165, 1.54) is 18.7 Å². The molecule has 1 aliphatic rings. The smallest absolute Gasteiger partial charge is 0.325 e. The van der Waals surface area contributed by atoms with Gasteiger partial charge in [0.25, 0.3) is 5.91 Å². The molecule has 0 bridgehead atoms. The molecule has 1 atom stereocenters. The van der Waals surface area contributed by atoms with Crippen LogP contribution in [0.5, 0.6) is 0 Å². The van der Waals surface area contributed by atoms with E-state index in [0.29, 0.717) is 10.5 Å². The van der Waals surface area contributed by atoms with E-state index in [1.54, 1.807) is 24.3 Å². The Morgan fingerprint density at radius 3 is 2.57 bits per heavy atom. The monoisotopic (exact) mass is 336 g/mol. The second-order valence-corrected chi connectivity index (χ2v) is 6.42. The summed E-state index contributed by atoms with van der Waals surface area (Å²) in [4.78, 5) is 37.6. The summed E-state index contributed by atoms with van der Waals surface area (Å²) < 4.78 is 0. The lowest BCUT2D eigenvalue weighted by Gasteiger charge is -2.16. The fourth-order valence-electron chi connectivity index (χ4n) is 2.31. The fraction of sp³-hybridized carbons (Fsp3) is 0.438. The molecule has 1 fully saturated rings. The van der Waals surface area contributed by atoms with Crippen LogP contribution in [0.15, 0.2) is 29.2 Å². The topological polar surface area (TPSA) is 86.7 Å². The number of likely N-dealkylation sites (tertiary alicyclic amines) is 1. The van der Waals surface area contributed by atoms with E-state index >= 15 is 0 Å². The van der Waals surface area contributed by atoms with Crippen LogP contribution in [0, 0.1) is 0 Å². The largest absolute Gasteiger partial charge is 0.480 e. The molecule has 1 heterocycles. The van der Waals surface area contributed by atoms with Crippen LogP contribution in [0.2, 0.25) is 0 Å². The lowest BCUT2D eigenvalue weighted by molar-refractivity contribution is -0.138. The van der Waals surface area contributed by atoms with Gasteiger partial charge in [0.2, 0.25) is 5.91 Å². The average molecular weight is 336 g/mol. The molecule has 23 heavy (non-hydrogen) atoms. The summed E-state index contributed by atoms with van der Waals surface area (Å²) in [6.45, 7) is 3.02. The summed E-state index contributed by atoms with van der Waals surface area (Å²) in [6.07, 6.45) is 2.09. The van der Waals surface area contributed by atoms with E-state index < -0.39 is 17.9 Å². The van der Waals surface area contributed by atoms with Gasteiger partial charge in [-0.1, -0.05) is 12.1 Å². The number of benzene rings is 1. The van der Waals surface area contributed by atoms with Crippen LogP contribution in [0.25, 0.3) is 0 Å². The highest BCUT2D eigenvalue weighted by Gasteiger charge is 2.20. The molecule has 0 radical (unpaired) electrons. The first kappa shape index (κ1) is 17.3. The van der Waals surface area contributed by atoms with E-state index in [0.717, 1.165) is 25.9 Å². The second-order valence-electron chi connectivity index (χ2n) is 5.41. The first-order valence-corrected chi connectivity index (χ1v) is 8.51. The lowest BCUT2D eigenvalue weighted by atomic mass is 10.2. The third kappa shape index (κ3) is 4.72. The van der Waals surface area contributed by atoms with E-state index in [9.17, 15) is 14.4 Å². The molecule has 2 N–H and O–H groups in total. The normalized spacial score (nSPS) is 15.3. The number of aliphatic carboxylic acids is 1. The number of nitrogens with one attached hydrogen (secondary N) is 1. The maximum absolute atomic E-state index is 12.2. The molecule has 1 aromatic rings. The molecule has 1 aromatic carbocycles. The van der Waals surface area contributed by atoms with E-state index in [1.807, 2.05) is 4.90 Å². The zero-order valence-corrected chi connectivity index (χ0v) is 13.8. The molecule has 6 nitrogen and oxygen atoms in total. The molecule has 0 aliphatic carbocycles. The molecular formula is C16H20N2O4S. The number of nitrogens with zero attached hydrogens (tertiary/aromatic N) is 1. The minimum atomic E-state index is -1.09. The van der Waals surface area contributed by atoms with Crippen LogP contribution in [-0.4, -0.2) is 52.7 Å². The minimum absolute atomic E-state index is 0.0709. The maximum atomic E-state index is 12.2. The quantitative estimate of drug-likeness (QED) is 0.771. The Morgan fingerprint density at radius 1 is 1.26 bits per heavy atom. The zero-order valence-electron chi connectivity index (χ0n) is 12.9. The number of carboxylic acids is 1. The number of rotatable bonds is 6. The molecule has 7 heteroatoms. The number of hydrogen-bond acceptors (Lipinski definition) is 4. The van der Waals surface area contributed by atoms with Gasteiger partial charge in [-0.05, 0) is 31.9 Å². The summed E-state index contributed by atoms with van der Waals surface area (Å²) in [6, 6.07) is 5.94. The number of carbonyl (C=O) groups is 3. The van der Waals surface area contributed by atoms with Crippen molar-refractivity contribution < 1.29 is 19.5 Å². The number of hydrogen-bond donors (Lipinski definition) is 2. The predicted molar refractivity (Wildman–Crippen MR) is 87.5 cm³/mol. The Hall–Kier alpha value is -2.02. The molecule has 0 spiro atoms. The van der Waals surface area contributed by atoms with Crippen molar-refractivity contribution in [2.75, 3.05) is 18.8 Å². The molecule has 0 saturated carbocycles. The fourth-order valence-corrected chi connectivity index (χ4v) is 3.27. The number of carbonyl (C=O) groups excluding carboxylic acids is 2. The van der Waals surface area contributed by atoms with Crippen LogP contribution in [-0.2, 0) is 9.59 Å². The number of amides is 2. The lowest BCUT2D eigenvalue weighted by Crippen LogP contribution is -2.38. The maximum Gasteiger partial charge on any atom is 0.325 e. The van der Waals surface area contributed by atoms with Crippen LogP contribution in [0.4, 0.5) is 0 Å². The Morgan fingerprint density at radius 2 is 1.91 bits per heavy atom. The van der Waals surface area contributed by atoms with Gasteiger partial charge in [-0.15, -0.1) is 11.8 Å². The molecule has 2 rings (SSSR count). The van der Waals surface area contributed by atoms with Crippen molar-refractivity contribution in [1.29, 1.82) is 0 Å². The summed E-state index contributed by atoms with van der Waals surface area (Å²) in [7, 11) is 0. The summed E-state index contributed by atoms with van der Waals surface area (Å²) in [5, 5.41) is 11.3. The van der Waals surface area contributed by atoms with Gasteiger partial charge in [0, 0.05) is 18.0 Å². The average Bonchev–Trinajstić information content (AvgIpc) is 3.07. The van der Waals surface area contributed by atoms with Crippen LogP contribution >= 0.6 is 11.8 Å². The standard InChI is InChI=1S/C16H20N2O4S/c1-11(16(21)22)17-15(20)12-6-2-3-7-13(12)23-10-14(19)18-8-4-5-9-18/h2-3,6-7,11H,4-5,8-10H2,1H3,(H,17,20)(H,21,22)/t11-/m0/s1. The number of thioether (sulfide) groups is 1. The Bertz CT molecular complexity index is 599. The molecule has 0 unspecified atom stereocenters. The first-order valence-electron chi connectivity index (χ1n) is 7.52. The minimum Gasteiger partial charge on any atom is -0.480 e. The van der Waals surface area contributed by atoms with Gasteiger partial charge < -0.3 is 15.3 Å². The van der Waals surface area contributed by atoms with E-state index in [4.69, 9.17) is 5.11 Å². The molecule has 124 valence electrons. The zero-order chi connectivity index (χ0) is 16.8. The Balaban J connectivity index is 2.00. The third-order valence-corrected chi connectivity index (χ3v) is 4.72. The Kier molecular flexibility index (Phi) is 6.04. The van der Waals surface area contributed by atoms with Gasteiger partial charge in [0.05, 0.1) is 11.3 Å². The van der Waals surface area contributed by atoms with Gasteiger partial charge in [0.1, 0.15) is 6.04 Å².